The molecule has 3 aliphatic carbocycles. The van der Waals surface area contributed by atoms with E-state index in [1.54, 1.807) is 0 Å². The number of benzene rings is 1. The van der Waals surface area contributed by atoms with E-state index in [0.29, 0.717) is 11.8 Å². The second kappa shape index (κ2) is 7.96. The molecule has 1 aromatic carbocycles. The van der Waals surface area contributed by atoms with Gasteiger partial charge in [0.2, 0.25) is 0 Å². The predicted octanol–water partition coefficient (Wildman–Crippen LogP) is 10.7. The zero-order valence-electron chi connectivity index (χ0n) is 25.3. The molecule has 0 aromatic heterocycles. The van der Waals surface area contributed by atoms with E-state index in [0.717, 1.165) is 18.4 Å². The molecule has 0 bridgehead atoms. The summed E-state index contributed by atoms with van der Waals surface area (Å²) >= 11 is 0. The van der Waals surface area contributed by atoms with E-state index in [9.17, 15) is 0 Å². The molecule has 36 heavy (non-hydrogen) atoms. The zero-order valence-corrected chi connectivity index (χ0v) is 25.3. The molecule has 0 fully saturated rings. The minimum absolute atomic E-state index is 0.0118. The van der Waals surface area contributed by atoms with Gasteiger partial charge in [0, 0.05) is 10.8 Å². The van der Waals surface area contributed by atoms with Gasteiger partial charge in [-0.2, -0.15) is 0 Å². The van der Waals surface area contributed by atoms with Gasteiger partial charge < -0.3 is 0 Å². The summed E-state index contributed by atoms with van der Waals surface area (Å²) < 4.78 is 0. The molecule has 3 aliphatic rings. The molecule has 0 amide bonds. The summed E-state index contributed by atoms with van der Waals surface area (Å²) in [6, 6.07) is 4.86. The molecule has 0 radical (unpaired) electrons. The van der Waals surface area contributed by atoms with Crippen LogP contribution in [-0.2, 0) is 5.41 Å². The standard InChI is InChI=1S/C36H50/c1-16-33(11,12)29-18-17-28-24(7)35(14)27(10)34(13)19-21(4)30(20(2)3)25(8)36(34,15)26(9)32(35)23(6)31(28)22(29)5/h17-18,24,27H,2,6,8,16,19H2,1,3-5,7,9-15H3/t24-,27+,34+,35-,36-/m1/s1. The van der Waals surface area contributed by atoms with Crippen molar-refractivity contribution in [1.82, 2.24) is 0 Å². The molecule has 0 unspecified atom stereocenters. The van der Waals surface area contributed by atoms with Crippen molar-refractivity contribution in [3.8, 4) is 0 Å². The van der Waals surface area contributed by atoms with E-state index in [4.69, 9.17) is 13.2 Å². The molecule has 0 heteroatoms. The summed E-state index contributed by atoms with van der Waals surface area (Å²) in [5.41, 5.74) is 15.2. The van der Waals surface area contributed by atoms with Crippen LogP contribution in [0.3, 0.4) is 0 Å². The van der Waals surface area contributed by atoms with Gasteiger partial charge in [0.15, 0.2) is 0 Å². The lowest BCUT2D eigenvalue weighted by Crippen LogP contribution is -2.58. The van der Waals surface area contributed by atoms with E-state index < -0.39 is 0 Å². The van der Waals surface area contributed by atoms with Crippen molar-refractivity contribution >= 4 is 5.57 Å². The van der Waals surface area contributed by atoms with Gasteiger partial charge in [0.1, 0.15) is 0 Å². The van der Waals surface area contributed by atoms with Gasteiger partial charge in [0.25, 0.3) is 0 Å². The average Bonchev–Trinajstić information content (AvgIpc) is 2.79. The van der Waals surface area contributed by atoms with Gasteiger partial charge in [0.05, 0.1) is 0 Å². The van der Waals surface area contributed by atoms with Crippen molar-refractivity contribution in [2.24, 2.45) is 22.2 Å². The molecule has 1 aromatic rings. The first-order valence-corrected chi connectivity index (χ1v) is 14.0. The third kappa shape index (κ3) is 2.94. The summed E-state index contributed by atoms with van der Waals surface area (Å²) in [7, 11) is 0. The van der Waals surface area contributed by atoms with Gasteiger partial charge in [-0.05, 0) is 108 Å². The van der Waals surface area contributed by atoms with Crippen LogP contribution in [-0.4, -0.2) is 0 Å². The molecule has 4 rings (SSSR count). The van der Waals surface area contributed by atoms with Gasteiger partial charge in [-0.25, -0.2) is 0 Å². The molecule has 5 atom stereocenters. The second-order valence-electron chi connectivity index (χ2n) is 13.8. The van der Waals surface area contributed by atoms with Crippen LogP contribution in [0.15, 0.2) is 65.3 Å². The summed E-state index contributed by atoms with van der Waals surface area (Å²) in [6.45, 7) is 42.8. The van der Waals surface area contributed by atoms with E-state index in [1.165, 1.54) is 55.7 Å². The second-order valence-corrected chi connectivity index (χ2v) is 13.8. The minimum atomic E-state index is -0.135. The lowest BCUT2D eigenvalue weighted by atomic mass is 9.36. The fraction of sp³-hybridized carbons (Fsp3) is 0.556. The Morgan fingerprint density at radius 3 is 2.17 bits per heavy atom. The first kappa shape index (κ1) is 27.0. The van der Waals surface area contributed by atoms with Crippen LogP contribution >= 0.6 is 0 Å². The number of fused-ring (bicyclic) bond motifs is 3. The summed E-state index contributed by atoms with van der Waals surface area (Å²) in [5.74, 6) is 0.871. The van der Waals surface area contributed by atoms with Crippen molar-refractivity contribution in [3.05, 3.63) is 87.6 Å². The van der Waals surface area contributed by atoms with E-state index in [-0.39, 0.29) is 21.7 Å². The number of hydrogen-bond acceptors (Lipinski definition) is 0. The highest BCUT2D eigenvalue weighted by molar-refractivity contribution is 5.88. The SMILES string of the molecule is C=C(C)C1=C(C)C[C@@]2(C)[C@H](C)[C@]3(C)C(=C(C)[C@@]2(C)C1=C)C(=C)c1c(ccc(C(C)(C)CC)c1C)[C@H]3C. The Balaban J connectivity index is 2.09. The molecule has 194 valence electrons. The zero-order chi connectivity index (χ0) is 27.3. The highest BCUT2D eigenvalue weighted by Gasteiger charge is 2.64. The number of rotatable bonds is 3. The topological polar surface area (TPSA) is 0 Å². The Bertz CT molecular complexity index is 1270. The van der Waals surface area contributed by atoms with Crippen molar-refractivity contribution < 1.29 is 0 Å². The van der Waals surface area contributed by atoms with Gasteiger partial charge in [-0.3, -0.25) is 0 Å². The third-order valence-electron chi connectivity index (χ3n) is 12.1. The molecule has 0 spiro atoms. The van der Waals surface area contributed by atoms with Gasteiger partial charge in [-0.1, -0.05) is 104 Å². The quantitative estimate of drug-likeness (QED) is 0.402. The Morgan fingerprint density at radius 1 is 1.06 bits per heavy atom. The van der Waals surface area contributed by atoms with Gasteiger partial charge >= 0.3 is 0 Å². The van der Waals surface area contributed by atoms with Crippen LogP contribution in [0.2, 0.25) is 0 Å². The van der Waals surface area contributed by atoms with Gasteiger partial charge in [-0.15, -0.1) is 0 Å². The molecular formula is C36H50. The Labute approximate surface area is 222 Å². The molecule has 0 nitrogen and oxygen atoms in total. The highest BCUT2D eigenvalue weighted by atomic mass is 14.7. The van der Waals surface area contributed by atoms with Crippen LogP contribution in [0, 0.1) is 29.1 Å². The monoisotopic (exact) mass is 482 g/mol. The van der Waals surface area contributed by atoms with Crippen molar-refractivity contribution in [3.63, 3.8) is 0 Å². The fourth-order valence-electron chi connectivity index (χ4n) is 9.07. The summed E-state index contributed by atoms with van der Waals surface area (Å²) in [4.78, 5) is 0. The van der Waals surface area contributed by atoms with E-state index >= 15 is 0 Å². The first-order valence-electron chi connectivity index (χ1n) is 14.0. The summed E-state index contributed by atoms with van der Waals surface area (Å²) in [5, 5.41) is 0. The lowest BCUT2D eigenvalue weighted by Gasteiger charge is -2.67. The molecule has 0 N–H and O–H groups in total. The molecule has 0 saturated carbocycles. The van der Waals surface area contributed by atoms with Crippen LogP contribution in [0.5, 0.6) is 0 Å². The fourth-order valence-corrected chi connectivity index (χ4v) is 9.07. The number of hydrogen-bond donors (Lipinski definition) is 0. The number of allylic oxidation sites excluding steroid dienone is 7. The highest BCUT2D eigenvalue weighted by Crippen LogP contribution is 2.74. The average molecular weight is 483 g/mol. The Kier molecular flexibility index (Phi) is 5.96. The van der Waals surface area contributed by atoms with Crippen molar-refractivity contribution in [1.29, 1.82) is 0 Å². The van der Waals surface area contributed by atoms with Crippen molar-refractivity contribution in [2.45, 2.75) is 107 Å². The Morgan fingerprint density at radius 2 is 1.64 bits per heavy atom. The predicted molar refractivity (Wildman–Crippen MR) is 159 cm³/mol. The molecule has 0 saturated heterocycles. The maximum atomic E-state index is 4.88. The smallest absolute Gasteiger partial charge is 0.0196 e. The molecule has 0 heterocycles. The van der Waals surface area contributed by atoms with Crippen LogP contribution in [0.1, 0.15) is 117 Å². The minimum Gasteiger partial charge on any atom is -0.0955 e. The maximum absolute atomic E-state index is 4.88. The molecule has 0 aliphatic heterocycles. The van der Waals surface area contributed by atoms with Crippen LogP contribution in [0.25, 0.3) is 5.57 Å². The lowest BCUT2D eigenvalue weighted by molar-refractivity contribution is -0.0261. The molecular weight excluding hydrogens is 432 g/mol. The normalized spacial score (nSPS) is 34.4. The maximum Gasteiger partial charge on any atom is 0.0196 e. The Hall–Kier alpha value is -2.08. The van der Waals surface area contributed by atoms with E-state index in [1.807, 2.05) is 0 Å². The summed E-state index contributed by atoms with van der Waals surface area (Å²) in [6.07, 6.45) is 2.21. The first-order chi connectivity index (χ1) is 16.4. The third-order valence-corrected chi connectivity index (χ3v) is 12.1. The van der Waals surface area contributed by atoms with Crippen LogP contribution < -0.4 is 0 Å². The largest absolute Gasteiger partial charge is 0.0955 e. The van der Waals surface area contributed by atoms with Crippen molar-refractivity contribution in [2.75, 3.05) is 0 Å². The van der Waals surface area contributed by atoms with E-state index in [2.05, 4.69) is 102 Å². The van der Waals surface area contributed by atoms with Crippen LogP contribution in [0.4, 0.5) is 0 Å².